The molecule has 2 aromatic heterocycles. The topological polar surface area (TPSA) is 91.8 Å². The van der Waals surface area contributed by atoms with E-state index in [0.717, 1.165) is 26.9 Å². The average molecular weight is 463 g/mol. The summed E-state index contributed by atoms with van der Waals surface area (Å²) in [4.78, 5) is 25.3. The van der Waals surface area contributed by atoms with Gasteiger partial charge in [0.05, 0.1) is 18.7 Å². The van der Waals surface area contributed by atoms with Crippen molar-refractivity contribution in [1.29, 1.82) is 0 Å². The molecule has 0 atom stereocenters. The molecule has 2 aromatic carbocycles. The Morgan fingerprint density at radius 2 is 1.70 bits per heavy atom. The summed E-state index contributed by atoms with van der Waals surface area (Å²) in [6.45, 7) is 4.49. The summed E-state index contributed by atoms with van der Waals surface area (Å²) in [7, 11) is 0. The highest BCUT2D eigenvalue weighted by molar-refractivity contribution is 7.98. The fourth-order valence-corrected chi connectivity index (χ4v) is 4.55. The summed E-state index contributed by atoms with van der Waals surface area (Å²) in [5.41, 5.74) is 4.87. The lowest BCUT2D eigenvalue weighted by atomic mass is 10.1. The Hall–Kier alpha value is -3.20. The molecule has 7 nitrogen and oxygen atoms in total. The number of fused-ring (bicyclic) bond motifs is 1. The monoisotopic (exact) mass is 462 g/mol. The van der Waals surface area contributed by atoms with Crippen LogP contribution in [0.2, 0.25) is 0 Å². The van der Waals surface area contributed by atoms with Gasteiger partial charge in [-0.3, -0.25) is 9.36 Å². The van der Waals surface area contributed by atoms with E-state index >= 15 is 0 Å². The SMILES string of the molecule is CSc1cn(-c2ncc(-c3ccc(C)cc3)cn2)c2cc(C(=O)N3CCOCC3)ccc12.O. The van der Waals surface area contributed by atoms with Gasteiger partial charge in [-0.2, -0.15) is 0 Å². The fraction of sp³-hybridized carbons (Fsp3) is 0.240. The Labute approximate surface area is 196 Å². The molecule has 2 N–H and O–H groups in total. The molecule has 170 valence electrons. The standard InChI is InChI=1S/C25H24N4O2S.H2O/c1-17-3-5-18(6-4-17)20-14-26-25(27-15-20)29-16-23(32-2)21-8-7-19(13-22(21)29)24(30)28-9-11-31-12-10-28;/h3-8,13-16H,9-12H2,1-2H3;1H2. The Bertz CT molecular complexity index is 1260. The minimum atomic E-state index is 0. The van der Waals surface area contributed by atoms with Crippen LogP contribution in [-0.4, -0.2) is 63.4 Å². The number of carbonyl (C=O) groups is 1. The number of aromatic nitrogens is 3. The summed E-state index contributed by atoms with van der Waals surface area (Å²) in [5.74, 6) is 0.617. The minimum absolute atomic E-state index is 0. The smallest absolute Gasteiger partial charge is 0.254 e. The first-order valence-corrected chi connectivity index (χ1v) is 11.8. The van der Waals surface area contributed by atoms with Gasteiger partial charge in [-0.1, -0.05) is 35.9 Å². The van der Waals surface area contributed by atoms with E-state index < -0.39 is 0 Å². The third-order valence-corrected chi connectivity index (χ3v) is 6.54. The number of amides is 1. The van der Waals surface area contributed by atoms with Gasteiger partial charge in [0.2, 0.25) is 5.95 Å². The number of ether oxygens (including phenoxy) is 1. The molecule has 0 saturated carbocycles. The van der Waals surface area contributed by atoms with Crippen molar-refractivity contribution in [2.24, 2.45) is 0 Å². The van der Waals surface area contributed by atoms with E-state index in [-0.39, 0.29) is 11.4 Å². The number of nitrogens with zero attached hydrogens (tertiary/aromatic N) is 4. The molecule has 5 rings (SSSR count). The lowest BCUT2D eigenvalue weighted by molar-refractivity contribution is 0.0303. The molecule has 1 aliphatic rings. The molecule has 0 radical (unpaired) electrons. The molecule has 8 heteroatoms. The van der Waals surface area contributed by atoms with Gasteiger partial charge in [0.1, 0.15) is 0 Å². The molecule has 4 aromatic rings. The second-order valence-electron chi connectivity index (χ2n) is 7.84. The second-order valence-corrected chi connectivity index (χ2v) is 8.69. The first kappa shape index (κ1) is 23.0. The van der Waals surface area contributed by atoms with Gasteiger partial charge in [-0.15, -0.1) is 11.8 Å². The zero-order valence-corrected chi connectivity index (χ0v) is 19.4. The first-order chi connectivity index (χ1) is 15.6. The molecule has 1 amide bonds. The number of benzene rings is 2. The van der Waals surface area contributed by atoms with Crippen LogP contribution in [0.1, 0.15) is 15.9 Å². The third kappa shape index (κ3) is 4.50. The van der Waals surface area contributed by atoms with Crippen molar-refractivity contribution in [3.8, 4) is 17.1 Å². The molecule has 0 aliphatic carbocycles. The highest BCUT2D eigenvalue weighted by Gasteiger charge is 2.20. The predicted molar refractivity (Wildman–Crippen MR) is 131 cm³/mol. The van der Waals surface area contributed by atoms with Gasteiger partial charge in [0.25, 0.3) is 5.91 Å². The average Bonchev–Trinajstić information content (AvgIpc) is 3.23. The van der Waals surface area contributed by atoms with Crippen LogP contribution in [0.4, 0.5) is 0 Å². The summed E-state index contributed by atoms with van der Waals surface area (Å²) in [6.07, 6.45) is 7.78. The Balaban J connectivity index is 0.00000259. The molecule has 3 heterocycles. The van der Waals surface area contributed by atoms with Crippen LogP contribution < -0.4 is 0 Å². The molecule has 1 saturated heterocycles. The highest BCUT2D eigenvalue weighted by atomic mass is 32.2. The van der Waals surface area contributed by atoms with E-state index in [1.54, 1.807) is 11.8 Å². The van der Waals surface area contributed by atoms with Crippen molar-refractivity contribution in [2.45, 2.75) is 11.8 Å². The van der Waals surface area contributed by atoms with Gasteiger partial charge in [-0.25, -0.2) is 9.97 Å². The lowest BCUT2D eigenvalue weighted by Crippen LogP contribution is -2.40. The number of morpholine rings is 1. The summed E-state index contributed by atoms with van der Waals surface area (Å²) in [6, 6.07) is 14.2. The normalized spacial score (nSPS) is 13.7. The van der Waals surface area contributed by atoms with Crippen molar-refractivity contribution in [3.63, 3.8) is 0 Å². The molecule has 0 unspecified atom stereocenters. The molecule has 0 spiro atoms. The predicted octanol–water partition coefficient (Wildman–Crippen LogP) is 3.77. The van der Waals surface area contributed by atoms with E-state index in [4.69, 9.17) is 4.74 Å². The lowest BCUT2D eigenvalue weighted by Gasteiger charge is -2.26. The Kier molecular flexibility index (Phi) is 6.78. The number of hydrogen-bond acceptors (Lipinski definition) is 5. The van der Waals surface area contributed by atoms with Gasteiger partial charge < -0.3 is 15.1 Å². The Morgan fingerprint density at radius 1 is 1.00 bits per heavy atom. The van der Waals surface area contributed by atoms with E-state index in [1.807, 2.05) is 52.5 Å². The molecule has 1 fully saturated rings. The van der Waals surface area contributed by atoms with Crippen molar-refractivity contribution in [3.05, 3.63) is 72.2 Å². The number of thioether (sulfide) groups is 1. The molecular weight excluding hydrogens is 436 g/mol. The number of hydrogen-bond donors (Lipinski definition) is 0. The fourth-order valence-electron chi connectivity index (χ4n) is 3.95. The molecular formula is C25H26N4O3S. The van der Waals surface area contributed by atoms with Crippen LogP contribution in [0, 0.1) is 6.92 Å². The zero-order valence-electron chi connectivity index (χ0n) is 18.6. The minimum Gasteiger partial charge on any atom is -0.412 e. The maximum atomic E-state index is 13.0. The van der Waals surface area contributed by atoms with Crippen LogP contribution in [0.15, 0.2) is 66.0 Å². The van der Waals surface area contributed by atoms with E-state index in [1.165, 1.54) is 5.56 Å². The first-order valence-electron chi connectivity index (χ1n) is 10.6. The van der Waals surface area contributed by atoms with Gasteiger partial charge >= 0.3 is 0 Å². The van der Waals surface area contributed by atoms with Crippen molar-refractivity contribution < 1.29 is 15.0 Å². The molecule has 0 bridgehead atoms. The molecule has 33 heavy (non-hydrogen) atoms. The van der Waals surface area contributed by atoms with Crippen LogP contribution >= 0.6 is 11.8 Å². The molecule has 1 aliphatic heterocycles. The van der Waals surface area contributed by atoms with Crippen LogP contribution in [-0.2, 0) is 4.74 Å². The largest absolute Gasteiger partial charge is 0.412 e. The van der Waals surface area contributed by atoms with Crippen LogP contribution in [0.3, 0.4) is 0 Å². The van der Waals surface area contributed by atoms with Gasteiger partial charge in [0, 0.05) is 53.1 Å². The number of aryl methyl sites for hydroxylation is 1. The number of carbonyl (C=O) groups excluding carboxylic acids is 1. The van der Waals surface area contributed by atoms with E-state index in [2.05, 4.69) is 41.2 Å². The van der Waals surface area contributed by atoms with Crippen LogP contribution in [0.25, 0.3) is 28.0 Å². The van der Waals surface area contributed by atoms with Crippen molar-refractivity contribution in [2.75, 3.05) is 32.6 Å². The number of rotatable bonds is 4. The second kappa shape index (κ2) is 9.74. The highest BCUT2D eigenvalue weighted by Crippen LogP contribution is 2.31. The van der Waals surface area contributed by atoms with Gasteiger partial charge in [0.15, 0.2) is 0 Å². The van der Waals surface area contributed by atoms with E-state index in [0.29, 0.717) is 37.8 Å². The quantitative estimate of drug-likeness (QED) is 0.431. The maximum absolute atomic E-state index is 13.0. The van der Waals surface area contributed by atoms with E-state index in [9.17, 15) is 4.79 Å². The van der Waals surface area contributed by atoms with Crippen molar-refractivity contribution >= 4 is 28.6 Å². The summed E-state index contributed by atoms with van der Waals surface area (Å²) >= 11 is 1.67. The maximum Gasteiger partial charge on any atom is 0.254 e. The van der Waals surface area contributed by atoms with Crippen LogP contribution in [0.5, 0.6) is 0 Å². The zero-order chi connectivity index (χ0) is 22.1. The summed E-state index contributed by atoms with van der Waals surface area (Å²) < 4.78 is 7.35. The van der Waals surface area contributed by atoms with Crippen molar-refractivity contribution in [1.82, 2.24) is 19.4 Å². The third-order valence-electron chi connectivity index (χ3n) is 5.77. The Morgan fingerprint density at radius 3 is 2.36 bits per heavy atom. The summed E-state index contributed by atoms with van der Waals surface area (Å²) in [5, 5.41) is 1.09. The van der Waals surface area contributed by atoms with Gasteiger partial charge in [-0.05, 0) is 30.9 Å².